The van der Waals surface area contributed by atoms with Gasteiger partial charge in [0.15, 0.2) is 0 Å². The molecule has 0 amide bonds. The number of benzene rings is 1. The molecule has 112 valence electrons. The van der Waals surface area contributed by atoms with E-state index in [9.17, 15) is 13.9 Å². The van der Waals surface area contributed by atoms with E-state index in [0.717, 1.165) is 31.9 Å². The Morgan fingerprint density at radius 3 is 2.65 bits per heavy atom. The van der Waals surface area contributed by atoms with Crippen LogP contribution in [0.1, 0.15) is 32.6 Å². The first-order valence-corrected chi connectivity index (χ1v) is 7.05. The van der Waals surface area contributed by atoms with Crippen molar-refractivity contribution in [1.82, 2.24) is 5.32 Å². The van der Waals surface area contributed by atoms with Gasteiger partial charge in [-0.1, -0.05) is 6.92 Å². The van der Waals surface area contributed by atoms with Gasteiger partial charge >= 0.3 is 0 Å². The van der Waals surface area contributed by atoms with Crippen molar-refractivity contribution in [3.8, 4) is 5.75 Å². The highest BCUT2D eigenvalue weighted by atomic mass is 19.1. The fourth-order valence-corrected chi connectivity index (χ4v) is 2.72. The smallest absolute Gasteiger partial charge is 0.129 e. The molecule has 0 radical (unpaired) electrons. The van der Waals surface area contributed by atoms with E-state index < -0.39 is 11.6 Å². The second-order valence-electron chi connectivity index (χ2n) is 5.45. The van der Waals surface area contributed by atoms with E-state index in [2.05, 4.69) is 12.2 Å². The molecule has 2 unspecified atom stereocenters. The molecule has 1 aliphatic carbocycles. The summed E-state index contributed by atoms with van der Waals surface area (Å²) in [5, 5.41) is 12.9. The van der Waals surface area contributed by atoms with E-state index in [4.69, 9.17) is 4.74 Å². The third kappa shape index (κ3) is 3.67. The van der Waals surface area contributed by atoms with Gasteiger partial charge in [0.05, 0.1) is 6.61 Å². The van der Waals surface area contributed by atoms with Crippen molar-refractivity contribution in [2.45, 2.75) is 44.2 Å². The van der Waals surface area contributed by atoms with E-state index in [1.165, 1.54) is 12.1 Å². The summed E-state index contributed by atoms with van der Waals surface area (Å²) in [6, 6.07) is 3.19. The van der Waals surface area contributed by atoms with Gasteiger partial charge in [-0.05, 0) is 25.8 Å². The molecule has 0 aromatic heterocycles. The summed E-state index contributed by atoms with van der Waals surface area (Å²) in [6.45, 7) is 2.95. The maximum absolute atomic E-state index is 13.1. The number of ether oxygens (including phenoxy) is 1. The molecule has 0 aliphatic heterocycles. The number of nitrogens with one attached hydrogen (secondary N) is 1. The summed E-state index contributed by atoms with van der Waals surface area (Å²) in [6.07, 6.45) is 3.05. The zero-order chi connectivity index (χ0) is 14.6. The first-order chi connectivity index (χ1) is 9.57. The molecule has 5 heteroatoms. The standard InChI is InChI=1S/C15H21F2NO2/c1-2-5-18-15(10-19)4-3-13(9-15)20-14-7-11(16)6-12(17)8-14/h6-8,13,18-19H,2-5,9-10H2,1H3. The van der Waals surface area contributed by atoms with Crippen molar-refractivity contribution >= 4 is 0 Å². The highest BCUT2D eigenvalue weighted by molar-refractivity contribution is 5.24. The van der Waals surface area contributed by atoms with Crippen LogP contribution in [-0.2, 0) is 0 Å². The van der Waals surface area contributed by atoms with E-state index in [1.807, 2.05) is 0 Å². The lowest BCUT2D eigenvalue weighted by Crippen LogP contribution is -2.47. The molecule has 0 saturated heterocycles. The Hall–Kier alpha value is -1.20. The fraction of sp³-hybridized carbons (Fsp3) is 0.600. The predicted molar refractivity (Wildman–Crippen MR) is 72.7 cm³/mol. The second kappa shape index (κ2) is 6.50. The van der Waals surface area contributed by atoms with Crippen LogP contribution in [0.15, 0.2) is 18.2 Å². The van der Waals surface area contributed by atoms with Crippen molar-refractivity contribution in [2.75, 3.05) is 13.2 Å². The Bertz CT molecular complexity index is 435. The van der Waals surface area contributed by atoms with E-state index in [1.54, 1.807) is 0 Å². The Morgan fingerprint density at radius 1 is 1.35 bits per heavy atom. The zero-order valence-electron chi connectivity index (χ0n) is 11.7. The molecule has 3 nitrogen and oxygen atoms in total. The van der Waals surface area contributed by atoms with E-state index >= 15 is 0 Å². The lowest BCUT2D eigenvalue weighted by Gasteiger charge is -2.28. The lowest BCUT2D eigenvalue weighted by atomic mass is 9.98. The van der Waals surface area contributed by atoms with Crippen molar-refractivity contribution in [2.24, 2.45) is 0 Å². The largest absolute Gasteiger partial charge is 0.490 e. The van der Waals surface area contributed by atoms with Crippen LogP contribution in [0.25, 0.3) is 0 Å². The summed E-state index contributed by atoms with van der Waals surface area (Å²) in [7, 11) is 0. The normalized spacial score (nSPS) is 25.9. The van der Waals surface area contributed by atoms with Gasteiger partial charge in [0.2, 0.25) is 0 Å². The first kappa shape index (κ1) is 15.2. The third-order valence-corrected chi connectivity index (χ3v) is 3.75. The number of aliphatic hydroxyl groups is 1. The molecule has 2 atom stereocenters. The Labute approximate surface area is 117 Å². The number of hydrogen-bond acceptors (Lipinski definition) is 3. The molecule has 1 aromatic carbocycles. The van der Waals surface area contributed by atoms with E-state index in [0.29, 0.717) is 6.42 Å². The fourth-order valence-electron chi connectivity index (χ4n) is 2.72. The van der Waals surface area contributed by atoms with Gasteiger partial charge < -0.3 is 15.2 Å². The van der Waals surface area contributed by atoms with Gasteiger partial charge in [-0.3, -0.25) is 0 Å². The van der Waals surface area contributed by atoms with Gasteiger partial charge in [-0.15, -0.1) is 0 Å². The molecule has 0 bridgehead atoms. The molecule has 2 rings (SSSR count). The molecule has 1 aliphatic rings. The topological polar surface area (TPSA) is 41.5 Å². The van der Waals surface area contributed by atoms with Crippen molar-refractivity contribution in [1.29, 1.82) is 0 Å². The Morgan fingerprint density at radius 2 is 2.05 bits per heavy atom. The lowest BCUT2D eigenvalue weighted by molar-refractivity contribution is 0.140. The highest BCUT2D eigenvalue weighted by Crippen LogP contribution is 2.33. The molecule has 1 saturated carbocycles. The van der Waals surface area contributed by atoms with Crippen LogP contribution in [0.4, 0.5) is 8.78 Å². The van der Waals surface area contributed by atoms with Crippen molar-refractivity contribution in [3.05, 3.63) is 29.8 Å². The van der Waals surface area contributed by atoms with Crippen LogP contribution >= 0.6 is 0 Å². The van der Waals surface area contributed by atoms with Crippen LogP contribution in [-0.4, -0.2) is 29.9 Å². The van der Waals surface area contributed by atoms with Crippen LogP contribution in [0, 0.1) is 11.6 Å². The number of hydrogen-bond donors (Lipinski definition) is 2. The molecular weight excluding hydrogens is 264 g/mol. The van der Waals surface area contributed by atoms with E-state index in [-0.39, 0.29) is 24.0 Å². The molecule has 1 fully saturated rings. The SMILES string of the molecule is CCCNC1(CO)CCC(Oc2cc(F)cc(F)c2)C1. The Balaban J connectivity index is 1.98. The van der Waals surface area contributed by atoms with Gasteiger partial charge in [0, 0.05) is 30.2 Å². The summed E-state index contributed by atoms with van der Waals surface area (Å²) in [4.78, 5) is 0. The quantitative estimate of drug-likeness (QED) is 0.844. The summed E-state index contributed by atoms with van der Waals surface area (Å²) >= 11 is 0. The van der Waals surface area contributed by atoms with Crippen molar-refractivity contribution < 1.29 is 18.6 Å². The van der Waals surface area contributed by atoms with Crippen LogP contribution < -0.4 is 10.1 Å². The van der Waals surface area contributed by atoms with Gasteiger partial charge in [-0.25, -0.2) is 8.78 Å². The molecular formula is C15H21F2NO2. The van der Waals surface area contributed by atoms with Crippen LogP contribution in [0.2, 0.25) is 0 Å². The average Bonchev–Trinajstić information content (AvgIpc) is 2.79. The highest BCUT2D eigenvalue weighted by Gasteiger charge is 2.39. The van der Waals surface area contributed by atoms with Gasteiger partial charge in [0.25, 0.3) is 0 Å². The minimum atomic E-state index is -0.643. The number of rotatable bonds is 6. The van der Waals surface area contributed by atoms with Gasteiger partial charge in [0.1, 0.15) is 23.5 Å². The molecule has 0 spiro atoms. The Kier molecular flexibility index (Phi) is 4.94. The van der Waals surface area contributed by atoms with Crippen molar-refractivity contribution in [3.63, 3.8) is 0 Å². The van der Waals surface area contributed by atoms with Gasteiger partial charge in [-0.2, -0.15) is 0 Å². The van der Waals surface area contributed by atoms with Crippen LogP contribution in [0.5, 0.6) is 5.75 Å². The molecule has 0 heterocycles. The zero-order valence-corrected chi connectivity index (χ0v) is 11.7. The minimum Gasteiger partial charge on any atom is -0.490 e. The summed E-state index contributed by atoms with van der Waals surface area (Å²) in [5.74, 6) is -1.08. The third-order valence-electron chi connectivity index (χ3n) is 3.75. The summed E-state index contributed by atoms with van der Waals surface area (Å²) in [5.41, 5.74) is -0.327. The molecule has 1 aromatic rings. The first-order valence-electron chi connectivity index (χ1n) is 7.05. The average molecular weight is 285 g/mol. The van der Waals surface area contributed by atoms with Crippen LogP contribution in [0.3, 0.4) is 0 Å². The maximum Gasteiger partial charge on any atom is 0.129 e. The second-order valence-corrected chi connectivity index (χ2v) is 5.45. The monoisotopic (exact) mass is 285 g/mol. The number of halogens is 2. The summed E-state index contributed by atoms with van der Waals surface area (Å²) < 4.78 is 31.9. The predicted octanol–water partition coefficient (Wildman–Crippen LogP) is 2.63. The molecule has 2 N–H and O–H groups in total. The number of aliphatic hydroxyl groups excluding tert-OH is 1. The maximum atomic E-state index is 13.1. The minimum absolute atomic E-state index is 0.0460. The molecule has 20 heavy (non-hydrogen) atoms.